The average molecular weight is 343 g/mol. The smallest absolute Gasteiger partial charge is 0.263 e. The van der Waals surface area contributed by atoms with E-state index in [4.69, 9.17) is 16.0 Å². The van der Waals surface area contributed by atoms with Crippen molar-refractivity contribution in [1.82, 2.24) is 15.0 Å². The molecule has 3 aromatic rings. The molecule has 0 saturated heterocycles. The van der Waals surface area contributed by atoms with Crippen LogP contribution in [-0.2, 0) is 0 Å². The fourth-order valence-corrected chi connectivity index (χ4v) is 2.75. The maximum atomic E-state index is 5.90. The summed E-state index contributed by atoms with van der Waals surface area (Å²) in [6, 6.07) is 7.58. The first-order valence-electron chi connectivity index (χ1n) is 4.93. The van der Waals surface area contributed by atoms with Crippen LogP contribution >= 0.6 is 39.3 Å². The van der Waals surface area contributed by atoms with Crippen LogP contribution < -0.4 is 0 Å². The summed E-state index contributed by atoms with van der Waals surface area (Å²) in [4.78, 5) is 12.3. The molecule has 4 nitrogen and oxygen atoms in total. The molecule has 0 bridgehead atoms. The van der Waals surface area contributed by atoms with Gasteiger partial charge >= 0.3 is 0 Å². The van der Waals surface area contributed by atoms with Crippen molar-refractivity contribution in [3.05, 3.63) is 40.2 Å². The Balaban J connectivity index is 1.99. The van der Waals surface area contributed by atoms with Crippen LogP contribution in [-0.4, -0.2) is 15.0 Å². The summed E-state index contributed by atoms with van der Waals surface area (Å²) in [6.45, 7) is 0. The fourth-order valence-electron chi connectivity index (χ4n) is 1.38. The Bertz CT molecular complexity index is 685. The van der Waals surface area contributed by atoms with Gasteiger partial charge in [0.2, 0.25) is 0 Å². The second-order valence-electron chi connectivity index (χ2n) is 3.33. The Morgan fingerprint density at radius 2 is 2.06 bits per heavy atom. The van der Waals surface area contributed by atoms with E-state index in [1.165, 1.54) is 18.1 Å². The molecule has 0 radical (unpaired) electrons. The van der Waals surface area contributed by atoms with E-state index >= 15 is 0 Å². The number of rotatable bonds is 2. The van der Waals surface area contributed by atoms with Gasteiger partial charge < -0.3 is 4.42 Å². The Morgan fingerprint density at radius 1 is 1.22 bits per heavy atom. The molecular formula is C11H5BrClN3OS. The van der Waals surface area contributed by atoms with Crippen LogP contribution in [0.3, 0.4) is 0 Å². The molecule has 0 spiro atoms. The highest BCUT2D eigenvalue weighted by molar-refractivity contribution is 9.10. The third-order valence-electron chi connectivity index (χ3n) is 2.17. The molecule has 3 rings (SSSR count). The molecule has 2 heterocycles. The highest BCUT2D eigenvalue weighted by Gasteiger charge is 2.12. The van der Waals surface area contributed by atoms with Crippen LogP contribution in [0.5, 0.6) is 0 Å². The molecule has 90 valence electrons. The first-order chi connectivity index (χ1) is 8.74. The molecule has 0 aliphatic heterocycles. The van der Waals surface area contributed by atoms with Crippen LogP contribution in [0.25, 0.3) is 11.1 Å². The number of hydrogen-bond donors (Lipinski definition) is 0. The number of para-hydroxylation sites is 2. The first-order valence-corrected chi connectivity index (χ1v) is 6.92. The molecule has 7 heteroatoms. The van der Waals surface area contributed by atoms with E-state index in [2.05, 4.69) is 30.9 Å². The normalized spacial score (nSPS) is 11.0. The zero-order valence-electron chi connectivity index (χ0n) is 8.80. The highest BCUT2D eigenvalue weighted by Crippen LogP contribution is 2.35. The van der Waals surface area contributed by atoms with Gasteiger partial charge in [-0.1, -0.05) is 23.7 Å². The van der Waals surface area contributed by atoms with Gasteiger partial charge in [-0.2, -0.15) is 0 Å². The lowest BCUT2D eigenvalue weighted by Crippen LogP contribution is -1.86. The third kappa shape index (κ3) is 2.23. The molecule has 0 N–H and O–H groups in total. The van der Waals surface area contributed by atoms with E-state index in [0.29, 0.717) is 19.9 Å². The lowest BCUT2D eigenvalue weighted by molar-refractivity contribution is 0.489. The standard InChI is InChI=1S/C11H5BrClN3OS/c12-8-9(13)14-5-15-10(8)18-11-16-6-3-1-2-4-7(6)17-11/h1-5H. The minimum absolute atomic E-state index is 0.364. The minimum atomic E-state index is 0.364. The summed E-state index contributed by atoms with van der Waals surface area (Å²) in [5.74, 6) is 0. The molecule has 0 atom stereocenters. The van der Waals surface area contributed by atoms with E-state index in [9.17, 15) is 0 Å². The second-order valence-corrected chi connectivity index (χ2v) is 5.42. The molecule has 0 fully saturated rings. The summed E-state index contributed by atoms with van der Waals surface area (Å²) >= 11 is 10.5. The Labute approximate surface area is 120 Å². The molecule has 0 aliphatic rings. The number of fused-ring (bicyclic) bond motifs is 1. The van der Waals surface area contributed by atoms with Gasteiger partial charge in [0.15, 0.2) is 5.58 Å². The Hall–Kier alpha value is -1.11. The van der Waals surface area contributed by atoms with E-state index in [-0.39, 0.29) is 0 Å². The van der Waals surface area contributed by atoms with Gasteiger partial charge in [-0.25, -0.2) is 15.0 Å². The van der Waals surface area contributed by atoms with Crippen molar-refractivity contribution in [2.75, 3.05) is 0 Å². The Morgan fingerprint density at radius 3 is 2.89 bits per heavy atom. The zero-order chi connectivity index (χ0) is 12.5. The van der Waals surface area contributed by atoms with E-state index < -0.39 is 0 Å². The van der Waals surface area contributed by atoms with E-state index in [1.807, 2.05) is 24.3 Å². The number of hydrogen-bond acceptors (Lipinski definition) is 5. The van der Waals surface area contributed by atoms with E-state index in [1.54, 1.807) is 0 Å². The van der Waals surface area contributed by atoms with Gasteiger partial charge in [-0.15, -0.1) is 0 Å². The topological polar surface area (TPSA) is 51.8 Å². The molecule has 1 aromatic carbocycles. The van der Waals surface area contributed by atoms with Crippen LogP contribution in [0.1, 0.15) is 0 Å². The molecule has 0 unspecified atom stereocenters. The second kappa shape index (κ2) is 4.87. The van der Waals surface area contributed by atoms with Gasteiger partial charge in [0.25, 0.3) is 5.22 Å². The number of benzene rings is 1. The number of nitrogens with zero attached hydrogens (tertiary/aromatic N) is 3. The summed E-state index contributed by atoms with van der Waals surface area (Å²) in [7, 11) is 0. The maximum Gasteiger partial charge on any atom is 0.263 e. The lowest BCUT2D eigenvalue weighted by Gasteiger charge is -1.99. The largest absolute Gasteiger partial charge is 0.431 e. The predicted molar refractivity (Wildman–Crippen MR) is 72.9 cm³/mol. The van der Waals surface area contributed by atoms with Crippen molar-refractivity contribution >= 4 is 50.4 Å². The van der Waals surface area contributed by atoms with Crippen molar-refractivity contribution in [2.45, 2.75) is 10.2 Å². The first kappa shape index (κ1) is 12.0. The zero-order valence-corrected chi connectivity index (χ0v) is 12.0. The van der Waals surface area contributed by atoms with E-state index in [0.717, 1.165) is 11.1 Å². The van der Waals surface area contributed by atoms with Crippen LogP contribution in [0, 0.1) is 0 Å². The number of oxazole rings is 1. The number of aromatic nitrogens is 3. The molecule has 0 aliphatic carbocycles. The van der Waals surface area contributed by atoms with Crippen molar-refractivity contribution in [3.63, 3.8) is 0 Å². The van der Waals surface area contributed by atoms with Crippen molar-refractivity contribution in [2.24, 2.45) is 0 Å². The van der Waals surface area contributed by atoms with Crippen LogP contribution in [0.15, 0.2) is 49.7 Å². The van der Waals surface area contributed by atoms with Crippen molar-refractivity contribution in [3.8, 4) is 0 Å². The molecule has 0 amide bonds. The van der Waals surface area contributed by atoms with Gasteiger partial charge in [0.1, 0.15) is 22.0 Å². The van der Waals surface area contributed by atoms with Gasteiger partial charge in [-0.3, -0.25) is 0 Å². The quantitative estimate of drug-likeness (QED) is 0.654. The monoisotopic (exact) mass is 341 g/mol. The SMILES string of the molecule is Clc1ncnc(Sc2nc3ccccc3o2)c1Br. The van der Waals surface area contributed by atoms with Crippen molar-refractivity contribution < 1.29 is 4.42 Å². The molecule has 18 heavy (non-hydrogen) atoms. The molecule has 0 saturated carbocycles. The summed E-state index contributed by atoms with van der Waals surface area (Å²) in [6.07, 6.45) is 1.40. The Kier molecular flexibility index (Phi) is 3.23. The maximum absolute atomic E-state index is 5.90. The molecule has 2 aromatic heterocycles. The molecular weight excluding hydrogens is 338 g/mol. The fraction of sp³-hybridized carbons (Fsp3) is 0. The highest BCUT2D eigenvalue weighted by atomic mass is 79.9. The van der Waals surface area contributed by atoms with Gasteiger partial charge in [0.05, 0.1) is 4.47 Å². The van der Waals surface area contributed by atoms with Crippen molar-refractivity contribution in [1.29, 1.82) is 0 Å². The lowest BCUT2D eigenvalue weighted by atomic mass is 10.3. The summed E-state index contributed by atoms with van der Waals surface area (Å²) in [5.41, 5.74) is 1.56. The number of halogens is 2. The summed E-state index contributed by atoms with van der Waals surface area (Å²) in [5, 5.41) is 1.55. The van der Waals surface area contributed by atoms with Gasteiger partial charge in [-0.05, 0) is 39.8 Å². The summed E-state index contributed by atoms with van der Waals surface area (Å²) < 4.78 is 6.23. The predicted octanol–water partition coefficient (Wildman–Crippen LogP) is 4.18. The van der Waals surface area contributed by atoms with Crippen LogP contribution in [0.4, 0.5) is 0 Å². The van der Waals surface area contributed by atoms with Crippen LogP contribution in [0.2, 0.25) is 5.15 Å². The van der Waals surface area contributed by atoms with Gasteiger partial charge in [0, 0.05) is 0 Å². The minimum Gasteiger partial charge on any atom is -0.431 e. The third-order valence-corrected chi connectivity index (χ3v) is 4.55. The average Bonchev–Trinajstić information content (AvgIpc) is 2.77.